The SMILES string of the molecule is COc1ccccc1Oc1ccc(NS(=O)(=O)c2ccc3c(c2)C(=O)NC3=O)cc1. The van der Waals surface area contributed by atoms with E-state index in [0.29, 0.717) is 22.9 Å². The zero-order valence-electron chi connectivity index (χ0n) is 15.7. The molecule has 3 aromatic carbocycles. The molecule has 1 aliphatic heterocycles. The molecule has 0 radical (unpaired) electrons. The molecule has 3 aromatic rings. The Morgan fingerprint density at radius 3 is 2.20 bits per heavy atom. The maximum absolute atomic E-state index is 12.7. The van der Waals surface area contributed by atoms with Gasteiger partial charge in [-0.3, -0.25) is 19.6 Å². The van der Waals surface area contributed by atoms with Crippen LogP contribution in [0.1, 0.15) is 20.7 Å². The number of para-hydroxylation sites is 2. The van der Waals surface area contributed by atoms with Crippen molar-refractivity contribution in [2.24, 2.45) is 0 Å². The molecule has 1 aliphatic rings. The summed E-state index contributed by atoms with van der Waals surface area (Å²) in [5.41, 5.74) is 0.489. The van der Waals surface area contributed by atoms with Gasteiger partial charge in [-0.1, -0.05) is 12.1 Å². The maximum atomic E-state index is 12.7. The van der Waals surface area contributed by atoms with Gasteiger partial charge in [-0.2, -0.15) is 0 Å². The number of sulfonamides is 1. The average Bonchev–Trinajstić information content (AvgIpc) is 3.03. The Bertz CT molecular complexity index is 1250. The number of benzene rings is 3. The van der Waals surface area contributed by atoms with Gasteiger partial charge in [0, 0.05) is 5.69 Å². The fourth-order valence-electron chi connectivity index (χ4n) is 2.95. The second-order valence-electron chi connectivity index (χ2n) is 6.37. The first kappa shape index (κ1) is 19.5. The first-order valence-electron chi connectivity index (χ1n) is 8.81. The van der Waals surface area contributed by atoms with Crippen molar-refractivity contribution in [2.45, 2.75) is 4.90 Å². The molecule has 0 aromatic heterocycles. The predicted molar refractivity (Wildman–Crippen MR) is 109 cm³/mol. The molecule has 4 rings (SSSR count). The standard InChI is InChI=1S/C21H16N2O6S/c1-28-18-4-2-3-5-19(18)29-14-8-6-13(7-9-14)23-30(26,27)15-10-11-16-17(12-15)21(25)22-20(16)24/h2-12,23H,1H3,(H,22,24,25). The molecule has 1 heterocycles. The van der Waals surface area contributed by atoms with E-state index in [1.165, 1.54) is 18.2 Å². The van der Waals surface area contributed by atoms with Crippen molar-refractivity contribution in [1.29, 1.82) is 0 Å². The largest absolute Gasteiger partial charge is 0.493 e. The van der Waals surface area contributed by atoms with E-state index in [-0.39, 0.29) is 16.0 Å². The van der Waals surface area contributed by atoms with Gasteiger partial charge >= 0.3 is 0 Å². The Morgan fingerprint density at radius 2 is 1.50 bits per heavy atom. The van der Waals surface area contributed by atoms with Crippen molar-refractivity contribution in [3.8, 4) is 17.2 Å². The van der Waals surface area contributed by atoms with Gasteiger partial charge in [0.25, 0.3) is 21.8 Å². The highest BCUT2D eigenvalue weighted by molar-refractivity contribution is 7.92. The van der Waals surface area contributed by atoms with Crippen LogP contribution in [-0.2, 0) is 10.0 Å². The van der Waals surface area contributed by atoms with Crippen LogP contribution in [0.15, 0.2) is 71.6 Å². The van der Waals surface area contributed by atoms with Crippen LogP contribution in [0.25, 0.3) is 0 Å². The number of nitrogens with one attached hydrogen (secondary N) is 2. The van der Waals surface area contributed by atoms with E-state index in [1.54, 1.807) is 43.5 Å². The zero-order chi connectivity index (χ0) is 21.3. The van der Waals surface area contributed by atoms with Crippen LogP contribution in [0.5, 0.6) is 17.2 Å². The van der Waals surface area contributed by atoms with Crippen molar-refractivity contribution in [3.05, 3.63) is 77.9 Å². The Morgan fingerprint density at radius 1 is 0.833 bits per heavy atom. The number of ether oxygens (including phenoxy) is 2. The first-order chi connectivity index (χ1) is 14.4. The highest BCUT2D eigenvalue weighted by atomic mass is 32.2. The van der Waals surface area contributed by atoms with Crippen LogP contribution in [0, 0.1) is 0 Å². The minimum Gasteiger partial charge on any atom is -0.493 e. The molecule has 8 nitrogen and oxygen atoms in total. The Kier molecular flexibility index (Phi) is 4.88. The number of amides is 2. The summed E-state index contributed by atoms with van der Waals surface area (Å²) in [6.07, 6.45) is 0. The van der Waals surface area contributed by atoms with E-state index in [4.69, 9.17) is 9.47 Å². The normalized spacial score (nSPS) is 12.8. The van der Waals surface area contributed by atoms with Crippen molar-refractivity contribution >= 4 is 27.5 Å². The van der Waals surface area contributed by atoms with Gasteiger partial charge in [0.05, 0.1) is 23.1 Å². The Balaban J connectivity index is 1.52. The molecule has 0 spiro atoms. The lowest BCUT2D eigenvalue weighted by molar-refractivity contribution is 0.0879. The Labute approximate surface area is 172 Å². The molecule has 2 N–H and O–H groups in total. The van der Waals surface area contributed by atoms with Gasteiger partial charge in [0.15, 0.2) is 11.5 Å². The topological polar surface area (TPSA) is 111 Å². The molecule has 0 saturated heterocycles. The summed E-state index contributed by atoms with van der Waals surface area (Å²) in [6, 6.07) is 17.2. The van der Waals surface area contributed by atoms with Crippen molar-refractivity contribution in [2.75, 3.05) is 11.8 Å². The molecule has 0 bridgehead atoms. The summed E-state index contributed by atoms with van der Waals surface area (Å²) in [5, 5.41) is 2.13. The van der Waals surface area contributed by atoms with E-state index < -0.39 is 21.8 Å². The predicted octanol–water partition coefficient (Wildman–Crippen LogP) is 3.17. The summed E-state index contributed by atoms with van der Waals surface area (Å²) in [6.45, 7) is 0. The lowest BCUT2D eigenvalue weighted by atomic mass is 10.1. The molecule has 2 amide bonds. The summed E-state index contributed by atoms with van der Waals surface area (Å²) in [5.74, 6) is 0.429. The smallest absolute Gasteiger partial charge is 0.261 e. The zero-order valence-corrected chi connectivity index (χ0v) is 16.5. The molecule has 0 aliphatic carbocycles. The van der Waals surface area contributed by atoms with Gasteiger partial charge in [-0.05, 0) is 54.6 Å². The van der Waals surface area contributed by atoms with E-state index in [2.05, 4.69) is 10.0 Å². The molecule has 0 unspecified atom stereocenters. The number of carbonyl (C=O) groups is 2. The molecule has 0 atom stereocenters. The van der Waals surface area contributed by atoms with E-state index in [1.807, 2.05) is 12.1 Å². The van der Waals surface area contributed by atoms with Crippen LogP contribution in [0.4, 0.5) is 5.69 Å². The highest BCUT2D eigenvalue weighted by Gasteiger charge is 2.28. The minimum atomic E-state index is -3.96. The van der Waals surface area contributed by atoms with Gasteiger partial charge in [-0.15, -0.1) is 0 Å². The summed E-state index contributed by atoms with van der Waals surface area (Å²) in [4.78, 5) is 23.3. The van der Waals surface area contributed by atoms with Crippen LogP contribution in [0.3, 0.4) is 0 Å². The summed E-state index contributed by atoms with van der Waals surface area (Å²) < 4.78 is 38.8. The number of rotatable bonds is 6. The lowest BCUT2D eigenvalue weighted by Crippen LogP contribution is -2.19. The number of methoxy groups -OCH3 is 1. The van der Waals surface area contributed by atoms with Crippen molar-refractivity contribution in [1.82, 2.24) is 5.32 Å². The third-order valence-corrected chi connectivity index (χ3v) is 5.80. The monoisotopic (exact) mass is 424 g/mol. The van der Waals surface area contributed by atoms with Crippen LogP contribution >= 0.6 is 0 Å². The maximum Gasteiger partial charge on any atom is 0.261 e. The van der Waals surface area contributed by atoms with Crippen molar-refractivity contribution in [3.63, 3.8) is 0 Å². The molecule has 0 saturated carbocycles. The molecule has 0 fully saturated rings. The van der Waals surface area contributed by atoms with E-state index in [0.717, 1.165) is 0 Å². The number of fused-ring (bicyclic) bond motifs is 1. The molecule has 152 valence electrons. The van der Waals surface area contributed by atoms with Crippen LogP contribution < -0.4 is 19.5 Å². The molecular formula is C21H16N2O6S. The van der Waals surface area contributed by atoms with E-state index in [9.17, 15) is 18.0 Å². The van der Waals surface area contributed by atoms with Crippen LogP contribution in [0.2, 0.25) is 0 Å². The number of hydrogen-bond donors (Lipinski definition) is 2. The number of anilines is 1. The fraction of sp³-hybridized carbons (Fsp3) is 0.0476. The van der Waals surface area contributed by atoms with Gasteiger partial charge in [0.1, 0.15) is 5.75 Å². The van der Waals surface area contributed by atoms with Crippen LogP contribution in [-0.4, -0.2) is 27.3 Å². The van der Waals surface area contributed by atoms with Gasteiger partial charge in [0.2, 0.25) is 0 Å². The molecule has 9 heteroatoms. The quantitative estimate of drug-likeness (QED) is 0.588. The van der Waals surface area contributed by atoms with E-state index >= 15 is 0 Å². The third kappa shape index (κ3) is 3.70. The summed E-state index contributed by atoms with van der Waals surface area (Å²) >= 11 is 0. The second kappa shape index (κ2) is 7.53. The number of carbonyl (C=O) groups excluding carboxylic acids is 2. The number of hydrogen-bond acceptors (Lipinski definition) is 6. The minimum absolute atomic E-state index is 0.0310. The van der Waals surface area contributed by atoms with Gasteiger partial charge in [-0.25, -0.2) is 8.42 Å². The first-order valence-corrected chi connectivity index (χ1v) is 10.3. The average molecular weight is 424 g/mol. The third-order valence-electron chi connectivity index (χ3n) is 4.42. The summed E-state index contributed by atoms with van der Waals surface area (Å²) in [7, 11) is -2.42. The van der Waals surface area contributed by atoms with Gasteiger partial charge < -0.3 is 9.47 Å². The molecule has 30 heavy (non-hydrogen) atoms. The van der Waals surface area contributed by atoms with Crippen molar-refractivity contribution < 1.29 is 27.5 Å². The lowest BCUT2D eigenvalue weighted by Gasteiger charge is -2.11. The Hall–Kier alpha value is -3.85. The molecular weight excluding hydrogens is 408 g/mol. The highest BCUT2D eigenvalue weighted by Crippen LogP contribution is 2.31. The number of imide groups is 1. The fourth-order valence-corrected chi connectivity index (χ4v) is 4.03. The second-order valence-corrected chi connectivity index (χ2v) is 8.06.